The summed E-state index contributed by atoms with van der Waals surface area (Å²) in [6.07, 6.45) is 0.796. The number of nitrogens with zero attached hydrogens (tertiary/aromatic N) is 1. The minimum Gasteiger partial charge on any atom is -0.396 e. The van der Waals surface area contributed by atoms with Crippen LogP contribution in [0.4, 0.5) is 0 Å². The average molecular weight is 187 g/mol. The zero-order valence-corrected chi connectivity index (χ0v) is 8.20. The second-order valence-corrected chi connectivity index (χ2v) is 3.98. The van der Waals surface area contributed by atoms with Crippen LogP contribution in [-0.4, -0.2) is 11.7 Å². The largest absolute Gasteiger partial charge is 0.396 e. The molecule has 1 aromatic rings. The molecule has 0 aliphatic heterocycles. The quantitative estimate of drug-likeness (QED) is 0.766. The molecule has 14 heavy (non-hydrogen) atoms. The van der Waals surface area contributed by atoms with Gasteiger partial charge in [-0.3, -0.25) is 0 Å². The molecule has 1 aromatic carbocycles. The van der Waals surface area contributed by atoms with Crippen LogP contribution in [0.25, 0.3) is 0 Å². The third-order valence-electron chi connectivity index (χ3n) is 3.15. The maximum atomic E-state index is 9.17. The van der Waals surface area contributed by atoms with E-state index in [4.69, 9.17) is 5.11 Å². The molecule has 0 unspecified atom stereocenters. The predicted octanol–water partition coefficient (Wildman–Crippen LogP) is 1.77. The second kappa shape index (κ2) is 3.11. The lowest BCUT2D eigenvalue weighted by Crippen LogP contribution is -2.10. The third-order valence-corrected chi connectivity index (χ3v) is 3.15. The summed E-state index contributed by atoms with van der Waals surface area (Å²) >= 11 is 0. The minimum absolute atomic E-state index is 0.113. The molecular weight excluding hydrogens is 174 g/mol. The first-order valence-electron chi connectivity index (χ1n) is 4.83. The Hall–Kier alpha value is -1.33. The number of nitriles is 1. The highest BCUT2D eigenvalue weighted by Crippen LogP contribution is 2.54. The van der Waals surface area contributed by atoms with Crippen LogP contribution >= 0.6 is 0 Å². The maximum absolute atomic E-state index is 9.17. The lowest BCUT2D eigenvalue weighted by Gasteiger charge is -2.11. The van der Waals surface area contributed by atoms with Crippen LogP contribution in [0.5, 0.6) is 0 Å². The lowest BCUT2D eigenvalue weighted by atomic mass is 9.91. The molecule has 0 radical (unpaired) electrons. The molecular formula is C12H13NO. The molecule has 1 N–H and O–H groups in total. The van der Waals surface area contributed by atoms with E-state index in [1.807, 2.05) is 31.2 Å². The molecule has 1 aliphatic rings. The van der Waals surface area contributed by atoms with Crippen molar-refractivity contribution in [1.29, 1.82) is 5.26 Å². The van der Waals surface area contributed by atoms with Crippen LogP contribution in [0.3, 0.4) is 0 Å². The molecule has 0 heterocycles. The Balaban J connectivity index is 2.41. The van der Waals surface area contributed by atoms with Gasteiger partial charge in [-0.2, -0.15) is 5.26 Å². The molecule has 2 heteroatoms. The van der Waals surface area contributed by atoms with Gasteiger partial charge in [-0.25, -0.2) is 0 Å². The van der Waals surface area contributed by atoms with Crippen LogP contribution in [0.15, 0.2) is 24.3 Å². The number of aryl methyl sites for hydroxylation is 1. The molecule has 1 fully saturated rings. The van der Waals surface area contributed by atoms with Gasteiger partial charge in [0.15, 0.2) is 0 Å². The van der Waals surface area contributed by atoms with Crippen LogP contribution in [0.1, 0.15) is 17.5 Å². The van der Waals surface area contributed by atoms with Crippen molar-refractivity contribution >= 4 is 0 Å². The molecule has 2 nitrogen and oxygen atoms in total. The lowest BCUT2D eigenvalue weighted by molar-refractivity contribution is 0.269. The van der Waals surface area contributed by atoms with Gasteiger partial charge < -0.3 is 5.11 Å². The number of aliphatic hydroxyl groups excluding tert-OH is 1. The van der Waals surface area contributed by atoms with Gasteiger partial charge >= 0.3 is 0 Å². The summed E-state index contributed by atoms with van der Waals surface area (Å²) < 4.78 is 0. The Morgan fingerprint density at radius 3 is 2.79 bits per heavy atom. The van der Waals surface area contributed by atoms with E-state index in [-0.39, 0.29) is 12.5 Å². The molecule has 0 spiro atoms. The van der Waals surface area contributed by atoms with Gasteiger partial charge in [0.1, 0.15) is 0 Å². The SMILES string of the molecule is Cc1ccccc1[C@@]1(C#N)C[C@@H]1CO. The summed E-state index contributed by atoms with van der Waals surface area (Å²) in [7, 11) is 0. The van der Waals surface area contributed by atoms with E-state index in [2.05, 4.69) is 6.07 Å². The molecule has 0 amide bonds. The van der Waals surface area contributed by atoms with Crippen molar-refractivity contribution in [2.45, 2.75) is 18.8 Å². The van der Waals surface area contributed by atoms with Crippen LogP contribution in [0.2, 0.25) is 0 Å². The van der Waals surface area contributed by atoms with Crippen LogP contribution < -0.4 is 0 Å². The first-order valence-corrected chi connectivity index (χ1v) is 4.83. The Bertz CT molecular complexity index is 394. The fraction of sp³-hybridized carbons (Fsp3) is 0.417. The summed E-state index contributed by atoms with van der Waals surface area (Å²) in [4.78, 5) is 0. The zero-order valence-electron chi connectivity index (χ0n) is 8.20. The highest BCUT2D eigenvalue weighted by molar-refractivity contribution is 5.45. The van der Waals surface area contributed by atoms with Crippen LogP contribution in [0, 0.1) is 24.2 Å². The summed E-state index contributed by atoms with van der Waals surface area (Å²) in [5.74, 6) is 0.133. The monoisotopic (exact) mass is 187 g/mol. The predicted molar refractivity (Wildman–Crippen MR) is 53.7 cm³/mol. The number of hydrogen-bond donors (Lipinski definition) is 1. The Kier molecular flexibility index (Phi) is 2.05. The van der Waals surface area contributed by atoms with E-state index in [1.165, 1.54) is 0 Å². The Labute approximate surface area is 83.8 Å². The molecule has 72 valence electrons. The second-order valence-electron chi connectivity index (χ2n) is 3.98. The smallest absolute Gasteiger partial charge is 0.0879 e. The number of benzene rings is 1. The van der Waals surface area contributed by atoms with Gasteiger partial charge in [-0.15, -0.1) is 0 Å². The molecule has 1 saturated carbocycles. The van der Waals surface area contributed by atoms with Crippen molar-refractivity contribution in [1.82, 2.24) is 0 Å². The van der Waals surface area contributed by atoms with Gasteiger partial charge in [-0.1, -0.05) is 24.3 Å². The molecule has 2 rings (SSSR count). The summed E-state index contributed by atoms with van der Waals surface area (Å²) in [5, 5.41) is 18.2. The summed E-state index contributed by atoms with van der Waals surface area (Å²) in [5.41, 5.74) is 1.83. The average Bonchev–Trinajstić information content (AvgIpc) is 2.93. The first kappa shape index (κ1) is 9.23. The Morgan fingerprint density at radius 1 is 1.57 bits per heavy atom. The topological polar surface area (TPSA) is 44.0 Å². The van der Waals surface area contributed by atoms with Gasteiger partial charge in [0.25, 0.3) is 0 Å². The van der Waals surface area contributed by atoms with Crippen molar-refractivity contribution in [2.24, 2.45) is 5.92 Å². The van der Waals surface area contributed by atoms with Crippen molar-refractivity contribution in [2.75, 3.05) is 6.61 Å². The fourth-order valence-electron chi connectivity index (χ4n) is 2.15. The molecule has 0 bridgehead atoms. The van der Waals surface area contributed by atoms with Crippen molar-refractivity contribution in [3.63, 3.8) is 0 Å². The zero-order chi connectivity index (χ0) is 10.2. The van der Waals surface area contributed by atoms with Crippen molar-refractivity contribution in [3.8, 4) is 6.07 Å². The first-order chi connectivity index (χ1) is 6.74. The molecule has 0 saturated heterocycles. The van der Waals surface area contributed by atoms with E-state index in [9.17, 15) is 5.26 Å². The van der Waals surface area contributed by atoms with E-state index in [0.29, 0.717) is 0 Å². The van der Waals surface area contributed by atoms with E-state index in [0.717, 1.165) is 17.5 Å². The molecule has 2 atom stereocenters. The van der Waals surface area contributed by atoms with Crippen molar-refractivity contribution in [3.05, 3.63) is 35.4 Å². The van der Waals surface area contributed by atoms with Crippen molar-refractivity contribution < 1.29 is 5.11 Å². The minimum atomic E-state index is -0.403. The van der Waals surface area contributed by atoms with Gasteiger partial charge in [-0.05, 0) is 24.5 Å². The van der Waals surface area contributed by atoms with Gasteiger partial charge in [0.2, 0.25) is 0 Å². The van der Waals surface area contributed by atoms with E-state index in [1.54, 1.807) is 0 Å². The van der Waals surface area contributed by atoms with Gasteiger partial charge in [0.05, 0.1) is 11.5 Å². The maximum Gasteiger partial charge on any atom is 0.0879 e. The number of hydrogen-bond acceptors (Lipinski definition) is 2. The molecule has 1 aliphatic carbocycles. The van der Waals surface area contributed by atoms with Gasteiger partial charge in [0, 0.05) is 12.5 Å². The van der Waals surface area contributed by atoms with E-state index >= 15 is 0 Å². The number of aliphatic hydroxyl groups is 1. The highest BCUT2D eigenvalue weighted by atomic mass is 16.3. The normalized spacial score (nSPS) is 29.6. The highest BCUT2D eigenvalue weighted by Gasteiger charge is 2.56. The number of rotatable bonds is 2. The molecule has 0 aromatic heterocycles. The standard InChI is InChI=1S/C12H13NO/c1-9-4-2-3-5-11(9)12(8-13)6-10(12)7-14/h2-5,10,14H,6-7H2,1H3/t10-,12-/m1/s1. The fourth-order valence-corrected chi connectivity index (χ4v) is 2.15. The van der Waals surface area contributed by atoms with Crippen LogP contribution in [-0.2, 0) is 5.41 Å². The third kappa shape index (κ3) is 1.13. The summed E-state index contributed by atoms with van der Waals surface area (Å²) in [6, 6.07) is 10.3. The Morgan fingerprint density at radius 2 is 2.29 bits per heavy atom. The van der Waals surface area contributed by atoms with E-state index < -0.39 is 5.41 Å². The summed E-state index contributed by atoms with van der Waals surface area (Å²) in [6.45, 7) is 2.13.